The Kier molecular flexibility index (Phi) is 7.27. The average Bonchev–Trinajstić information content (AvgIpc) is 2.61. The van der Waals surface area contributed by atoms with Crippen LogP contribution in [-0.2, 0) is 10.2 Å². The van der Waals surface area contributed by atoms with Crippen molar-refractivity contribution in [2.24, 2.45) is 5.73 Å². The molecule has 1 unspecified atom stereocenters. The first-order valence-electron chi connectivity index (χ1n) is 8.08. The zero-order valence-electron chi connectivity index (χ0n) is 14.3. The van der Waals surface area contributed by atoms with Crippen molar-refractivity contribution < 1.29 is 4.74 Å². The Morgan fingerprint density at radius 3 is 2.38 bits per heavy atom. The van der Waals surface area contributed by atoms with E-state index in [1.807, 2.05) is 30.3 Å². The van der Waals surface area contributed by atoms with Gasteiger partial charge in [-0.1, -0.05) is 76.7 Å². The van der Waals surface area contributed by atoms with Gasteiger partial charge in [0, 0.05) is 13.1 Å². The van der Waals surface area contributed by atoms with E-state index in [4.69, 9.17) is 10.5 Å². The van der Waals surface area contributed by atoms with Crippen LogP contribution in [0.4, 0.5) is 0 Å². The summed E-state index contributed by atoms with van der Waals surface area (Å²) in [5, 5.41) is 3.52. The predicted octanol–water partition coefficient (Wildman–Crippen LogP) is 4.37. The van der Waals surface area contributed by atoms with E-state index >= 15 is 0 Å². The Hall–Kier alpha value is -1.37. The summed E-state index contributed by atoms with van der Waals surface area (Å²) in [7, 11) is 0. The Bertz CT molecular complexity index is 651. The van der Waals surface area contributed by atoms with E-state index in [0.29, 0.717) is 13.2 Å². The lowest BCUT2D eigenvalue weighted by Crippen LogP contribution is -2.43. The molecule has 0 spiro atoms. The number of nitrogens with two attached hydrogens (primary N) is 1. The SMILES string of the molecule is CC(C)=CCNC(I)(CN)c1ccc(OCc2ccccc2)cc1. The molecule has 0 bridgehead atoms. The number of hydrogen-bond donors (Lipinski definition) is 2. The minimum atomic E-state index is -0.276. The smallest absolute Gasteiger partial charge is 0.119 e. The predicted molar refractivity (Wildman–Crippen MR) is 109 cm³/mol. The fourth-order valence-electron chi connectivity index (χ4n) is 2.27. The summed E-state index contributed by atoms with van der Waals surface area (Å²) in [4.78, 5) is 0. The van der Waals surface area contributed by atoms with Gasteiger partial charge in [0.05, 0.1) is 0 Å². The highest BCUT2D eigenvalue weighted by atomic mass is 127. The van der Waals surface area contributed by atoms with Crippen molar-refractivity contribution >= 4 is 22.6 Å². The molecule has 2 aromatic rings. The van der Waals surface area contributed by atoms with E-state index < -0.39 is 0 Å². The van der Waals surface area contributed by atoms with Gasteiger partial charge in [0.25, 0.3) is 0 Å². The molecule has 0 saturated carbocycles. The molecule has 0 aliphatic carbocycles. The van der Waals surface area contributed by atoms with Crippen molar-refractivity contribution in [2.45, 2.75) is 24.0 Å². The summed E-state index contributed by atoms with van der Waals surface area (Å²) in [6.45, 7) is 6.09. The number of allylic oxidation sites excluding steroid dienone is 1. The minimum absolute atomic E-state index is 0.276. The van der Waals surface area contributed by atoms with Crippen molar-refractivity contribution in [1.82, 2.24) is 5.32 Å². The molecule has 0 aliphatic heterocycles. The van der Waals surface area contributed by atoms with Crippen LogP contribution >= 0.6 is 22.6 Å². The third kappa shape index (κ3) is 5.61. The van der Waals surface area contributed by atoms with E-state index in [2.05, 4.69) is 72.1 Å². The Morgan fingerprint density at radius 2 is 1.79 bits per heavy atom. The van der Waals surface area contributed by atoms with E-state index in [1.165, 1.54) is 5.57 Å². The molecule has 0 saturated heterocycles. The average molecular weight is 436 g/mol. The van der Waals surface area contributed by atoms with E-state index in [9.17, 15) is 0 Å². The maximum atomic E-state index is 6.01. The molecule has 1 atom stereocenters. The Labute approximate surface area is 158 Å². The number of hydrogen-bond acceptors (Lipinski definition) is 3. The monoisotopic (exact) mass is 436 g/mol. The quantitative estimate of drug-likeness (QED) is 0.280. The van der Waals surface area contributed by atoms with Crippen LogP contribution in [-0.4, -0.2) is 13.1 Å². The summed E-state index contributed by atoms with van der Waals surface area (Å²) in [6.07, 6.45) is 2.17. The standard InChI is InChI=1S/C20H25IN2O/c1-16(2)12-13-23-20(21,15-22)18-8-10-19(11-9-18)24-14-17-6-4-3-5-7-17/h3-12,23H,13-15,22H2,1-2H3. The van der Waals surface area contributed by atoms with Gasteiger partial charge < -0.3 is 10.5 Å². The lowest BCUT2D eigenvalue weighted by atomic mass is 10.1. The highest BCUT2D eigenvalue weighted by Gasteiger charge is 2.25. The molecular weight excluding hydrogens is 411 g/mol. The molecule has 0 radical (unpaired) electrons. The van der Waals surface area contributed by atoms with Crippen molar-refractivity contribution in [2.75, 3.05) is 13.1 Å². The number of ether oxygens (including phenoxy) is 1. The number of rotatable bonds is 8. The number of benzene rings is 2. The molecule has 2 rings (SSSR count). The maximum absolute atomic E-state index is 6.01. The van der Waals surface area contributed by atoms with Gasteiger partial charge in [-0.2, -0.15) is 0 Å². The summed E-state index contributed by atoms with van der Waals surface area (Å²) >= 11 is 2.39. The lowest BCUT2D eigenvalue weighted by Gasteiger charge is -2.28. The topological polar surface area (TPSA) is 47.3 Å². The van der Waals surface area contributed by atoms with Crippen LogP contribution < -0.4 is 15.8 Å². The highest BCUT2D eigenvalue weighted by Crippen LogP contribution is 2.29. The largest absolute Gasteiger partial charge is 0.489 e. The fraction of sp³-hybridized carbons (Fsp3) is 0.300. The summed E-state index contributed by atoms with van der Waals surface area (Å²) in [5.41, 5.74) is 9.62. The summed E-state index contributed by atoms with van der Waals surface area (Å²) in [5.74, 6) is 0.864. The molecule has 128 valence electrons. The molecule has 0 amide bonds. The van der Waals surface area contributed by atoms with Gasteiger partial charge >= 0.3 is 0 Å². The molecule has 0 fully saturated rings. The van der Waals surface area contributed by atoms with Crippen LogP contribution in [0.3, 0.4) is 0 Å². The van der Waals surface area contributed by atoms with Crippen molar-refractivity contribution in [3.63, 3.8) is 0 Å². The van der Waals surface area contributed by atoms with Gasteiger partial charge in [-0.25, -0.2) is 0 Å². The van der Waals surface area contributed by atoms with Gasteiger partial charge in [-0.3, -0.25) is 5.32 Å². The Balaban J connectivity index is 1.99. The van der Waals surface area contributed by atoms with Crippen molar-refractivity contribution in [3.8, 4) is 5.75 Å². The first kappa shape index (κ1) is 19.0. The van der Waals surface area contributed by atoms with Crippen LogP contribution in [0.5, 0.6) is 5.75 Å². The van der Waals surface area contributed by atoms with Gasteiger partial charge in [0.1, 0.15) is 15.9 Å². The molecule has 24 heavy (non-hydrogen) atoms. The minimum Gasteiger partial charge on any atom is -0.489 e. The second kappa shape index (κ2) is 9.20. The first-order valence-corrected chi connectivity index (χ1v) is 9.16. The summed E-state index contributed by atoms with van der Waals surface area (Å²) < 4.78 is 5.57. The van der Waals surface area contributed by atoms with Gasteiger partial charge in [-0.15, -0.1) is 0 Å². The van der Waals surface area contributed by atoms with Crippen molar-refractivity contribution in [3.05, 3.63) is 77.4 Å². The number of nitrogens with one attached hydrogen (secondary N) is 1. The van der Waals surface area contributed by atoms with Crippen LogP contribution in [0.25, 0.3) is 0 Å². The highest BCUT2D eigenvalue weighted by molar-refractivity contribution is 14.1. The maximum Gasteiger partial charge on any atom is 0.119 e. The van der Waals surface area contributed by atoms with Crippen LogP contribution in [0.1, 0.15) is 25.0 Å². The third-order valence-electron chi connectivity index (χ3n) is 3.73. The summed E-state index contributed by atoms with van der Waals surface area (Å²) in [6, 6.07) is 18.3. The second-order valence-corrected chi connectivity index (χ2v) is 7.81. The van der Waals surface area contributed by atoms with Crippen LogP contribution in [0.2, 0.25) is 0 Å². The van der Waals surface area contributed by atoms with Crippen molar-refractivity contribution in [1.29, 1.82) is 0 Å². The van der Waals surface area contributed by atoms with E-state index in [1.54, 1.807) is 0 Å². The molecule has 0 heterocycles. The normalized spacial score (nSPS) is 13.2. The van der Waals surface area contributed by atoms with Gasteiger partial charge in [-0.05, 0) is 37.1 Å². The number of alkyl halides is 1. The third-order valence-corrected chi connectivity index (χ3v) is 5.18. The molecule has 3 nitrogen and oxygen atoms in total. The molecule has 0 aromatic heterocycles. The van der Waals surface area contributed by atoms with Gasteiger partial charge in [0.2, 0.25) is 0 Å². The first-order chi connectivity index (χ1) is 11.5. The number of halogens is 1. The van der Waals surface area contributed by atoms with E-state index in [0.717, 1.165) is 23.4 Å². The lowest BCUT2D eigenvalue weighted by molar-refractivity contribution is 0.306. The molecule has 0 aliphatic rings. The Morgan fingerprint density at radius 1 is 1.12 bits per heavy atom. The zero-order chi connectivity index (χ0) is 17.4. The molecule has 4 heteroatoms. The van der Waals surface area contributed by atoms with Gasteiger partial charge in [0.15, 0.2) is 0 Å². The zero-order valence-corrected chi connectivity index (χ0v) is 16.4. The molecule has 3 N–H and O–H groups in total. The second-order valence-electron chi connectivity index (χ2n) is 5.97. The molecule has 2 aromatic carbocycles. The fourth-order valence-corrected chi connectivity index (χ4v) is 2.85. The van der Waals surface area contributed by atoms with E-state index in [-0.39, 0.29) is 3.55 Å². The van der Waals surface area contributed by atoms with Crippen LogP contribution in [0, 0.1) is 0 Å². The molecular formula is C20H25IN2O. The van der Waals surface area contributed by atoms with Crippen LogP contribution in [0.15, 0.2) is 66.2 Å².